The molecule has 3 aromatic carbocycles. The van der Waals surface area contributed by atoms with Gasteiger partial charge in [0.2, 0.25) is 11.8 Å². The zero-order valence-corrected chi connectivity index (χ0v) is 20.9. The van der Waals surface area contributed by atoms with E-state index in [9.17, 15) is 14.0 Å². The number of amides is 2. The maximum atomic E-state index is 13.9. The zero-order valence-electron chi connectivity index (χ0n) is 20.1. The summed E-state index contributed by atoms with van der Waals surface area (Å²) in [7, 11) is 3.15. The van der Waals surface area contributed by atoms with Gasteiger partial charge in [0.25, 0.3) is 0 Å². The van der Waals surface area contributed by atoms with Crippen molar-refractivity contribution in [1.82, 2.24) is 10.6 Å². The highest BCUT2D eigenvalue weighted by Gasteiger charge is 2.32. The molecular formula is C27H29ClFN3O4. The van der Waals surface area contributed by atoms with Crippen LogP contribution in [0.5, 0.6) is 11.5 Å². The Bertz CT molecular complexity index is 1220. The average molecular weight is 514 g/mol. The molecule has 0 spiro atoms. The van der Waals surface area contributed by atoms with Crippen molar-refractivity contribution in [3.63, 3.8) is 0 Å². The van der Waals surface area contributed by atoms with Gasteiger partial charge in [-0.3, -0.25) is 9.59 Å². The van der Waals surface area contributed by atoms with Gasteiger partial charge >= 0.3 is 0 Å². The van der Waals surface area contributed by atoms with E-state index in [1.54, 1.807) is 43.4 Å². The first-order valence-electron chi connectivity index (χ1n) is 11.3. The molecule has 2 N–H and O–H groups in total. The number of benzene rings is 3. The third-order valence-corrected chi connectivity index (χ3v) is 6.03. The lowest BCUT2D eigenvalue weighted by Gasteiger charge is -2.26. The van der Waals surface area contributed by atoms with E-state index in [0.29, 0.717) is 23.6 Å². The Hall–Kier alpha value is -3.62. The number of fused-ring (bicyclic) bond motifs is 1. The largest absolute Gasteiger partial charge is 0.497 e. The number of nitrogens with zero attached hydrogens (tertiary/aromatic N) is 1. The summed E-state index contributed by atoms with van der Waals surface area (Å²) in [6, 6.07) is 18.6. The van der Waals surface area contributed by atoms with Crippen LogP contribution in [0.4, 0.5) is 10.1 Å². The van der Waals surface area contributed by atoms with Gasteiger partial charge in [0, 0.05) is 36.0 Å². The number of carbonyl (C=O) groups is 2. The van der Waals surface area contributed by atoms with Gasteiger partial charge < -0.3 is 25.0 Å². The first-order valence-corrected chi connectivity index (χ1v) is 11.3. The molecule has 1 heterocycles. The highest BCUT2D eigenvalue weighted by molar-refractivity contribution is 6.00. The summed E-state index contributed by atoms with van der Waals surface area (Å²) in [6.07, 6.45) is -0.0719. The highest BCUT2D eigenvalue weighted by Crippen LogP contribution is 2.31. The van der Waals surface area contributed by atoms with Crippen LogP contribution in [0, 0.1) is 5.82 Å². The van der Waals surface area contributed by atoms with Crippen LogP contribution in [0.2, 0.25) is 0 Å². The molecule has 0 radical (unpaired) electrons. The highest BCUT2D eigenvalue weighted by atomic mass is 35.5. The lowest BCUT2D eigenvalue weighted by atomic mass is 10.1. The second kappa shape index (κ2) is 12.4. The first-order chi connectivity index (χ1) is 17.0. The Morgan fingerprint density at radius 1 is 1.06 bits per heavy atom. The normalized spacial score (nSPS) is 14.8. The Morgan fingerprint density at radius 2 is 1.81 bits per heavy atom. The molecule has 36 heavy (non-hydrogen) atoms. The molecule has 0 fully saturated rings. The fourth-order valence-electron chi connectivity index (χ4n) is 4.12. The van der Waals surface area contributed by atoms with Crippen molar-refractivity contribution in [2.24, 2.45) is 0 Å². The second-order valence-electron chi connectivity index (χ2n) is 8.24. The van der Waals surface area contributed by atoms with Gasteiger partial charge in [-0.25, -0.2) is 4.39 Å². The summed E-state index contributed by atoms with van der Waals surface area (Å²) < 4.78 is 24.7. The number of hydrogen-bond acceptors (Lipinski definition) is 5. The van der Waals surface area contributed by atoms with Gasteiger partial charge in [0.1, 0.15) is 17.3 Å². The van der Waals surface area contributed by atoms with Crippen LogP contribution in [0.1, 0.15) is 23.1 Å². The SMILES string of the molecule is COc1ccc(CN2C(=O)C(CC(=O)NCc3ccccc3F)NCc3ccccc32)c(OC)c1.Cl. The molecule has 9 heteroatoms. The quantitative estimate of drug-likeness (QED) is 0.476. The summed E-state index contributed by atoms with van der Waals surface area (Å²) >= 11 is 0. The number of halogens is 2. The van der Waals surface area contributed by atoms with E-state index >= 15 is 0 Å². The van der Waals surface area contributed by atoms with Crippen LogP contribution < -0.4 is 25.0 Å². The fourth-order valence-corrected chi connectivity index (χ4v) is 4.12. The van der Waals surface area contributed by atoms with E-state index < -0.39 is 6.04 Å². The predicted molar refractivity (Wildman–Crippen MR) is 138 cm³/mol. The maximum absolute atomic E-state index is 13.9. The molecule has 3 aromatic rings. The summed E-state index contributed by atoms with van der Waals surface area (Å²) in [5.41, 5.74) is 2.92. The number of carbonyl (C=O) groups excluding carboxylic acids is 2. The standard InChI is InChI=1S/C27H28FN3O4.ClH/c1-34-21-12-11-20(25(13-21)35-2)17-31-24-10-6-4-8-19(24)16-29-23(27(31)33)14-26(32)30-15-18-7-3-5-9-22(18)28;/h3-13,23,29H,14-17H2,1-2H3,(H,30,32);1H. The molecule has 190 valence electrons. The number of methoxy groups -OCH3 is 2. The Labute approximate surface area is 216 Å². The smallest absolute Gasteiger partial charge is 0.244 e. The molecule has 1 atom stereocenters. The molecule has 0 bridgehead atoms. The zero-order chi connectivity index (χ0) is 24.8. The fraction of sp³-hybridized carbons (Fsp3) is 0.259. The summed E-state index contributed by atoms with van der Waals surface area (Å²) in [5, 5.41) is 5.93. The predicted octanol–water partition coefficient (Wildman–Crippen LogP) is 3.98. The van der Waals surface area contributed by atoms with Gasteiger partial charge in [-0.15, -0.1) is 12.4 Å². The van der Waals surface area contributed by atoms with Gasteiger partial charge in [0.15, 0.2) is 0 Å². The third kappa shape index (κ3) is 6.13. The molecule has 7 nitrogen and oxygen atoms in total. The van der Waals surface area contributed by atoms with Crippen molar-refractivity contribution < 1.29 is 23.5 Å². The van der Waals surface area contributed by atoms with Crippen molar-refractivity contribution in [1.29, 1.82) is 0 Å². The van der Waals surface area contributed by atoms with E-state index in [1.807, 2.05) is 36.4 Å². The molecule has 4 rings (SSSR count). The van der Waals surface area contributed by atoms with E-state index in [4.69, 9.17) is 9.47 Å². The Kier molecular flexibility index (Phi) is 9.27. The molecule has 0 saturated heterocycles. The lowest BCUT2D eigenvalue weighted by Crippen LogP contribution is -2.46. The van der Waals surface area contributed by atoms with Crippen LogP contribution in [0.15, 0.2) is 66.7 Å². The number of hydrogen-bond donors (Lipinski definition) is 2. The number of ether oxygens (including phenoxy) is 2. The summed E-state index contributed by atoms with van der Waals surface area (Å²) in [5.74, 6) is 0.303. The van der Waals surface area contributed by atoms with Gasteiger partial charge in [-0.1, -0.05) is 36.4 Å². The van der Waals surface area contributed by atoms with Crippen LogP contribution in [0.25, 0.3) is 0 Å². The molecule has 1 unspecified atom stereocenters. The average Bonchev–Trinajstić information content (AvgIpc) is 3.00. The summed E-state index contributed by atoms with van der Waals surface area (Å²) in [4.78, 5) is 28.0. The van der Waals surface area contributed by atoms with Crippen molar-refractivity contribution in [3.05, 3.63) is 89.2 Å². The van der Waals surface area contributed by atoms with Crippen molar-refractivity contribution in [2.45, 2.75) is 32.1 Å². The number of anilines is 1. The van der Waals surface area contributed by atoms with Crippen molar-refractivity contribution in [3.8, 4) is 11.5 Å². The van der Waals surface area contributed by atoms with Gasteiger partial charge in [0.05, 0.1) is 33.2 Å². The number of para-hydroxylation sites is 1. The lowest BCUT2D eigenvalue weighted by molar-refractivity contribution is -0.127. The minimum absolute atomic E-state index is 0. The van der Waals surface area contributed by atoms with E-state index in [-0.39, 0.29) is 49.5 Å². The molecule has 0 aromatic heterocycles. The Morgan fingerprint density at radius 3 is 2.56 bits per heavy atom. The maximum Gasteiger partial charge on any atom is 0.244 e. The van der Waals surface area contributed by atoms with Crippen LogP contribution in [0.3, 0.4) is 0 Å². The van der Waals surface area contributed by atoms with E-state index in [0.717, 1.165) is 16.8 Å². The third-order valence-electron chi connectivity index (χ3n) is 6.03. The first kappa shape index (κ1) is 27.0. The molecule has 1 aliphatic heterocycles. The van der Waals surface area contributed by atoms with Crippen molar-refractivity contribution in [2.75, 3.05) is 19.1 Å². The molecule has 0 saturated carbocycles. The number of rotatable bonds is 8. The second-order valence-corrected chi connectivity index (χ2v) is 8.24. The van der Waals surface area contributed by atoms with Gasteiger partial charge in [-0.2, -0.15) is 0 Å². The minimum atomic E-state index is -0.743. The minimum Gasteiger partial charge on any atom is -0.497 e. The molecule has 1 aliphatic rings. The Balaban J connectivity index is 0.00000361. The van der Waals surface area contributed by atoms with E-state index in [2.05, 4.69) is 10.6 Å². The topological polar surface area (TPSA) is 79.9 Å². The van der Waals surface area contributed by atoms with Crippen LogP contribution >= 0.6 is 12.4 Å². The molecular weight excluding hydrogens is 485 g/mol. The molecule has 0 aliphatic carbocycles. The van der Waals surface area contributed by atoms with Crippen LogP contribution in [-0.4, -0.2) is 32.1 Å². The number of nitrogens with one attached hydrogen (secondary N) is 2. The monoisotopic (exact) mass is 513 g/mol. The van der Waals surface area contributed by atoms with Gasteiger partial charge in [-0.05, 0) is 29.8 Å². The molecule has 2 amide bonds. The van der Waals surface area contributed by atoms with Crippen LogP contribution in [-0.2, 0) is 29.2 Å². The van der Waals surface area contributed by atoms with E-state index in [1.165, 1.54) is 6.07 Å². The summed E-state index contributed by atoms with van der Waals surface area (Å²) in [6.45, 7) is 0.751. The van der Waals surface area contributed by atoms with Crippen molar-refractivity contribution >= 4 is 29.9 Å².